The zero-order valence-electron chi connectivity index (χ0n) is 18.5. The van der Waals surface area contributed by atoms with Gasteiger partial charge in [0.25, 0.3) is 0 Å². The fourth-order valence-electron chi connectivity index (χ4n) is 4.65. The summed E-state index contributed by atoms with van der Waals surface area (Å²) < 4.78 is 16.6. The fraction of sp³-hybridized carbons (Fsp3) is 0.625. The molecule has 2 aliphatic rings. The molecule has 1 aliphatic carbocycles. The second-order valence-electron chi connectivity index (χ2n) is 9.15. The predicted molar refractivity (Wildman–Crippen MR) is 116 cm³/mol. The van der Waals surface area contributed by atoms with E-state index < -0.39 is 17.2 Å². The molecule has 1 heterocycles. The molecule has 1 atom stereocenters. The minimum Gasteiger partial charge on any atom is -0.478 e. The van der Waals surface area contributed by atoms with E-state index in [4.69, 9.17) is 25.8 Å². The maximum Gasteiger partial charge on any atom is 0.313 e. The number of methoxy groups -OCH3 is 1. The molecule has 31 heavy (non-hydrogen) atoms. The molecular weight excluding hydrogens is 420 g/mol. The van der Waals surface area contributed by atoms with Gasteiger partial charge in [0, 0.05) is 13.5 Å². The molecule has 0 N–H and O–H groups in total. The van der Waals surface area contributed by atoms with Gasteiger partial charge in [-0.1, -0.05) is 30.5 Å². The van der Waals surface area contributed by atoms with Crippen molar-refractivity contribution in [2.45, 2.75) is 76.4 Å². The number of carbonyl (C=O) groups is 3. The number of ether oxygens (including phenoxy) is 3. The third kappa shape index (κ3) is 5.66. The van der Waals surface area contributed by atoms with E-state index in [2.05, 4.69) is 0 Å². The Kier molecular flexibility index (Phi) is 7.43. The first-order valence-corrected chi connectivity index (χ1v) is 11.3. The first-order valence-electron chi connectivity index (χ1n) is 10.9. The molecule has 1 aromatic rings. The van der Waals surface area contributed by atoms with Crippen LogP contribution in [0, 0.1) is 5.92 Å². The van der Waals surface area contributed by atoms with E-state index in [0.717, 1.165) is 31.2 Å². The molecule has 170 valence electrons. The zero-order valence-corrected chi connectivity index (χ0v) is 19.3. The van der Waals surface area contributed by atoms with Crippen LogP contribution in [0.4, 0.5) is 0 Å². The third-order valence-corrected chi connectivity index (χ3v) is 6.69. The number of aryl methyl sites for hydroxylation is 1. The molecule has 0 radical (unpaired) electrons. The summed E-state index contributed by atoms with van der Waals surface area (Å²) in [5, 5.41) is 0.405. The van der Waals surface area contributed by atoms with Gasteiger partial charge in [-0.15, -0.1) is 0 Å². The van der Waals surface area contributed by atoms with E-state index in [-0.39, 0.29) is 30.5 Å². The topological polar surface area (TPSA) is 78.9 Å². The lowest BCUT2D eigenvalue weighted by molar-refractivity contribution is -0.178. The Labute approximate surface area is 188 Å². The van der Waals surface area contributed by atoms with E-state index in [1.54, 1.807) is 19.9 Å². The highest BCUT2D eigenvalue weighted by molar-refractivity contribution is 6.32. The van der Waals surface area contributed by atoms with Gasteiger partial charge in [-0.2, -0.15) is 0 Å². The molecule has 2 fully saturated rings. The zero-order chi connectivity index (χ0) is 22.6. The molecule has 1 saturated carbocycles. The Bertz CT molecular complexity index is 824. The van der Waals surface area contributed by atoms with Crippen LogP contribution in [0.25, 0.3) is 0 Å². The summed E-state index contributed by atoms with van der Waals surface area (Å²) in [7, 11) is 1.46. The Morgan fingerprint density at radius 1 is 1.26 bits per heavy atom. The minimum absolute atomic E-state index is 0.0344. The monoisotopic (exact) mass is 450 g/mol. The molecule has 1 saturated heterocycles. The second-order valence-corrected chi connectivity index (χ2v) is 9.55. The van der Waals surface area contributed by atoms with E-state index in [0.29, 0.717) is 30.0 Å². The summed E-state index contributed by atoms with van der Waals surface area (Å²) in [6.07, 6.45) is 5.57. The van der Waals surface area contributed by atoms with Crippen molar-refractivity contribution in [2.75, 3.05) is 13.7 Å². The predicted octanol–water partition coefficient (Wildman–Crippen LogP) is 4.48. The van der Waals surface area contributed by atoms with Crippen molar-refractivity contribution in [3.05, 3.63) is 28.8 Å². The van der Waals surface area contributed by atoms with Gasteiger partial charge >= 0.3 is 5.97 Å². The quantitative estimate of drug-likeness (QED) is 0.407. The van der Waals surface area contributed by atoms with E-state index >= 15 is 0 Å². The van der Waals surface area contributed by atoms with Gasteiger partial charge in [-0.25, -0.2) is 0 Å². The summed E-state index contributed by atoms with van der Waals surface area (Å²) in [5.74, 6) is 0.0224. The Hall–Kier alpha value is -1.92. The number of rotatable bonds is 9. The van der Waals surface area contributed by atoms with Gasteiger partial charge in [0.1, 0.15) is 30.2 Å². The van der Waals surface area contributed by atoms with Gasteiger partial charge in [0.05, 0.1) is 5.02 Å². The number of benzene rings is 1. The van der Waals surface area contributed by atoms with Crippen molar-refractivity contribution in [3.8, 4) is 5.75 Å². The molecule has 7 heteroatoms. The molecule has 0 spiro atoms. The lowest BCUT2D eigenvalue weighted by atomic mass is 9.76. The molecule has 0 aromatic heterocycles. The fourth-order valence-corrected chi connectivity index (χ4v) is 4.90. The summed E-state index contributed by atoms with van der Waals surface area (Å²) >= 11 is 6.44. The van der Waals surface area contributed by atoms with E-state index in [1.165, 1.54) is 7.11 Å². The van der Waals surface area contributed by atoms with Crippen LogP contribution in [-0.2, 0) is 30.3 Å². The molecule has 0 bridgehead atoms. The van der Waals surface area contributed by atoms with Crippen LogP contribution in [0.3, 0.4) is 0 Å². The largest absolute Gasteiger partial charge is 0.478 e. The Balaban J connectivity index is 1.72. The number of carbonyl (C=O) groups excluding carboxylic acids is 3. The number of hydrogen-bond acceptors (Lipinski definition) is 6. The number of ketones is 2. The Morgan fingerprint density at radius 2 is 1.97 bits per heavy atom. The number of cyclic esters (lactones) is 1. The van der Waals surface area contributed by atoms with Gasteiger partial charge in [0.2, 0.25) is 5.78 Å². The van der Waals surface area contributed by atoms with Crippen LogP contribution in [0.1, 0.15) is 64.4 Å². The van der Waals surface area contributed by atoms with Gasteiger partial charge < -0.3 is 14.2 Å². The normalized spacial score (nSPS) is 22.5. The highest BCUT2D eigenvalue weighted by atomic mass is 35.5. The maximum absolute atomic E-state index is 12.2. The average molecular weight is 451 g/mol. The van der Waals surface area contributed by atoms with Gasteiger partial charge in [-0.05, 0) is 63.1 Å². The van der Waals surface area contributed by atoms with Crippen molar-refractivity contribution >= 4 is 29.1 Å². The standard InChI is InChI=1S/C24H31ClO6/c1-23(2,21(27)15-29-3)30-20-9-8-16(12-19(20)25)10-11-24(17-6-4-5-7-17)14-18(26)13-22(28)31-24/h8-9,12,17H,4-7,10-11,13-15H2,1-3H3. The van der Waals surface area contributed by atoms with Crippen molar-refractivity contribution < 1.29 is 28.6 Å². The summed E-state index contributed by atoms with van der Waals surface area (Å²) in [5.41, 5.74) is -0.812. The molecule has 1 unspecified atom stereocenters. The number of Topliss-reactive ketones (excluding diaryl/α,β-unsaturated/α-hetero) is 2. The van der Waals surface area contributed by atoms with E-state index in [9.17, 15) is 14.4 Å². The third-order valence-electron chi connectivity index (χ3n) is 6.40. The molecule has 6 nitrogen and oxygen atoms in total. The van der Waals surface area contributed by atoms with Crippen molar-refractivity contribution in [1.29, 1.82) is 0 Å². The molecule has 1 aromatic carbocycles. The van der Waals surface area contributed by atoms with Gasteiger partial charge in [0.15, 0.2) is 5.60 Å². The SMILES string of the molecule is COCC(=O)C(C)(C)Oc1ccc(CCC2(C3CCCC3)CC(=O)CC(=O)O2)cc1Cl. The maximum atomic E-state index is 12.2. The highest BCUT2D eigenvalue weighted by Crippen LogP contribution is 2.44. The van der Waals surface area contributed by atoms with Crippen LogP contribution in [0.5, 0.6) is 5.75 Å². The van der Waals surface area contributed by atoms with Crippen molar-refractivity contribution in [1.82, 2.24) is 0 Å². The van der Waals surface area contributed by atoms with Crippen LogP contribution in [-0.4, -0.2) is 42.5 Å². The van der Waals surface area contributed by atoms with E-state index in [1.807, 2.05) is 12.1 Å². The average Bonchev–Trinajstić information content (AvgIpc) is 3.23. The van der Waals surface area contributed by atoms with Crippen molar-refractivity contribution in [2.24, 2.45) is 5.92 Å². The van der Waals surface area contributed by atoms with Crippen molar-refractivity contribution in [3.63, 3.8) is 0 Å². The molecule has 3 rings (SSSR count). The molecule has 0 amide bonds. The smallest absolute Gasteiger partial charge is 0.313 e. The summed E-state index contributed by atoms with van der Waals surface area (Å²) in [6.45, 7) is 3.32. The first kappa shape index (κ1) is 23.7. The van der Waals surface area contributed by atoms with Crippen LogP contribution >= 0.6 is 11.6 Å². The number of hydrogen-bond donors (Lipinski definition) is 0. The van der Waals surface area contributed by atoms with Crippen LogP contribution < -0.4 is 4.74 Å². The van der Waals surface area contributed by atoms with Crippen LogP contribution in [0.2, 0.25) is 5.02 Å². The second kappa shape index (κ2) is 9.70. The van der Waals surface area contributed by atoms with Gasteiger partial charge in [-0.3, -0.25) is 14.4 Å². The first-order chi connectivity index (χ1) is 14.6. The highest BCUT2D eigenvalue weighted by Gasteiger charge is 2.47. The number of halogens is 1. The summed E-state index contributed by atoms with van der Waals surface area (Å²) in [4.78, 5) is 36.5. The molecule has 1 aliphatic heterocycles. The lowest BCUT2D eigenvalue weighted by Crippen LogP contribution is -2.48. The molecular formula is C24H31ClO6. The van der Waals surface area contributed by atoms with Crippen LogP contribution in [0.15, 0.2) is 18.2 Å². The number of esters is 1. The minimum atomic E-state index is -1.07. The summed E-state index contributed by atoms with van der Waals surface area (Å²) in [6, 6.07) is 5.45. The Morgan fingerprint density at radius 3 is 2.58 bits per heavy atom. The lowest BCUT2D eigenvalue weighted by Gasteiger charge is -2.41.